The third-order valence-corrected chi connectivity index (χ3v) is 3.42. The third kappa shape index (κ3) is 3.85. The third-order valence-electron chi connectivity index (χ3n) is 3.42. The van der Waals surface area contributed by atoms with Crippen molar-refractivity contribution in [3.63, 3.8) is 0 Å². The van der Waals surface area contributed by atoms with E-state index in [2.05, 4.69) is 47.5 Å². The first kappa shape index (κ1) is 12.6. The molecular weight excluding hydrogens is 156 g/mol. The molecule has 0 aliphatic heterocycles. The summed E-state index contributed by atoms with van der Waals surface area (Å²) >= 11 is 0. The molecule has 0 aromatic rings. The van der Waals surface area contributed by atoms with E-state index in [9.17, 15) is 0 Å². The minimum atomic E-state index is 0.0342. The lowest BCUT2D eigenvalue weighted by molar-refractivity contribution is 0.195. The highest BCUT2D eigenvalue weighted by molar-refractivity contribution is 5.03. The molecule has 76 valence electrons. The molecule has 0 radical (unpaired) electrons. The summed E-state index contributed by atoms with van der Waals surface area (Å²) in [4.78, 5) is 0. The molecule has 1 unspecified atom stereocenters. The monoisotopic (exact) mass is 180 g/mol. The summed E-state index contributed by atoms with van der Waals surface area (Å²) < 4.78 is 0. The van der Waals surface area contributed by atoms with E-state index in [1.165, 1.54) is 12.8 Å². The van der Waals surface area contributed by atoms with Crippen molar-refractivity contribution in [3.05, 3.63) is 0 Å². The van der Waals surface area contributed by atoms with Gasteiger partial charge in [0.1, 0.15) is 0 Å². The summed E-state index contributed by atoms with van der Waals surface area (Å²) in [6.45, 7) is 13.5. The van der Waals surface area contributed by atoms with Gasteiger partial charge in [-0.3, -0.25) is 0 Å². The lowest BCUT2D eigenvalue weighted by Crippen LogP contribution is -2.25. The van der Waals surface area contributed by atoms with Gasteiger partial charge in [0.05, 0.1) is 0 Å². The molecule has 0 fully saturated rings. The van der Waals surface area contributed by atoms with Crippen molar-refractivity contribution in [1.29, 1.82) is 0 Å². The van der Waals surface area contributed by atoms with Crippen LogP contribution in [0.1, 0.15) is 54.4 Å². The summed E-state index contributed by atoms with van der Waals surface area (Å²) in [6.07, 6.45) is 7.95. The van der Waals surface area contributed by atoms with E-state index in [-0.39, 0.29) is 5.41 Å². The molecule has 1 atom stereocenters. The Kier molecular flexibility index (Phi) is 4.04. The molecule has 0 saturated heterocycles. The first-order valence-electron chi connectivity index (χ1n) is 5.23. The van der Waals surface area contributed by atoms with Crippen LogP contribution in [0, 0.1) is 29.1 Å². The maximum Gasteiger partial charge on any atom is 0.0281 e. The minimum Gasteiger partial charge on any atom is -0.120 e. The molecule has 0 aromatic heterocycles. The van der Waals surface area contributed by atoms with Gasteiger partial charge in [0.2, 0.25) is 0 Å². The highest BCUT2D eigenvalue weighted by Gasteiger charge is 2.28. The zero-order chi connectivity index (χ0) is 10.7. The molecule has 0 saturated carbocycles. The van der Waals surface area contributed by atoms with Crippen molar-refractivity contribution in [2.45, 2.75) is 54.4 Å². The average Bonchev–Trinajstić information content (AvgIpc) is 2.04. The first-order valence-corrected chi connectivity index (χ1v) is 5.23. The molecule has 0 rings (SSSR count). The van der Waals surface area contributed by atoms with Crippen molar-refractivity contribution in [2.75, 3.05) is 0 Å². The second kappa shape index (κ2) is 4.18. The average molecular weight is 180 g/mol. The van der Waals surface area contributed by atoms with Gasteiger partial charge in [-0.15, -0.1) is 12.3 Å². The van der Waals surface area contributed by atoms with E-state index in [0.717, 1.165) is 0 Å². The van der Waals surface area contributed by atoms with Gasteiger partial charge in [-0.2, -0.15) is 0 Å². The predicted octanol–water partition coefficient (Wildman–Crippen LogP) is 4.11. The first-order chi connectivity index (χ1) is 5.75. The van der Waals surface area contributed by atoms with Gasteiger partial charge in [-0.25, -0.2) is 0 Å². The summed E-state index contributed by atoms with van der Waals surface area (Å²) in [5, 5.41) is 0. The van der Waals surface area contributed by atoms with Crippen LogP contribution in [0.2, 0.25) is 0 Å². The fourth-order valence-electron chi connectivity index (χ4n) is 1.37. The largest absolute Gasteiger partial charge is 0.120 e. The van der Waals surface area contributed by atoms with E-state index < -0.39 is 0 Å². The molecule has 0 aliphatic rings. The Bertz CT molecular complexity index is 191. The van der Waals surface area contributed by atoms with E-state index in [1.807, 2.05) is 0 Å². The van der Waals surface area contributed by atoms with Gasteiger partial charge in [0.25, 0.3) is 0 Å². The summed E-state index contributed by atoms with van der Waals surface area (Å²) in [6, 6.07) is 0. The minimum absolute atomic E-state index is 0.0342. The van der Waals surface area contributed by atoms with Crippen LogP contribution in [-0.2, 0) is 0 Å². The molecule has 0 heteroatoms. The fraction of sp³-hybridized carbons (Fsp3) is 0.846. The normalized spacial score (nSPS) is 15.2. The van der Waals surface area contributed by atoms with Crippen LogP contribution in [0.5, 0.6) is 0 Å². The van der Waals surface area contributed by atoms with Crippen molar-refractivity contribution in [1.82, 2.24) is 0 Å². The zero-order valence-corrected chi connectivity index (χ0v) is 10.1. The second-order valence-corrected chi connectivity index (χ2v) is 5.49. The molecule has 0 nitrogen and oxygen atoms in total. The van der Waals surface area contributed by atoms with Crippen molar-refractivity contribution >= 4 is 0 Å². The second-order valence-electron chi connectivity index (χ2n) is 5.49. The van der Waals surface area contributed by atoms with Gasteiger partial charge in [0.15, 0.2) is 0 Å². The van der Waals surface area contributed by atoms with Crippen molar-refractivity contribution in [3.8, 4) is 12.3 Å². The highest BCUT2D eigenvalue weighted by atomic mass is 14.3. The molecule has 0 aliphatic carbocycles. The quantitative estimate of drug-likeness (QED) is 0.571. The van der Waals surface area contributed by atoms with Crippen LogP contribution in [0.25, 0.3) is 0 Å². The SMILES string of the molecule is C#CC(C)(C)C(C)CC(C)(C)CC. The Morgan fingerprint density at radius 1 is 1.23 bits per heavy atom. The Hall–Kier alpha value is -0.440. The van der Waals surface area contributed by atoms with Crippen LogP contribution >= 0.6 is 0 Å². The maximum absolute atomic E-state index is 5.52. The zero-order valence-electron chi connectivity index (χ0n) is 10.1. The van der Waals surface area contributed by atoms with E-state index in [1.54, 1.807) is 0 Å². The van der Waals surface area contributed by atoms with Gasteiger partial charge in [0, 0.05) is 5.41 Å². The molecule has 0 heterocycles. The van der Waals surface area contributed by atoms with Crippen molar-refractivity contribution in [2.24, 2.45) is 16.7 Å². The lowest BCUT2D eigenvalue weighted by atomic mass is 9.71. The Labute approximate surface area is 84.1 Å². The van der Waals surface area contributed by atoms with E-state index in [4.69, 9.17) is 6.42 Å². The standard InChI is InChI=1S/C13H24/c1-8-12(4,5)10-11(3)13(6,7)9-2/h2,11H,8,10H2,1,3-7H3. The number of terminal acetylenes is 1. The molecule has 0 amide bonds. The molecular formula is C13H24. The maximum atomic E-state index is 5.52. The summed E-state index contributed by atoms with van der Waals surface area (Å²) in [5.41, 5.74) is 0.458. The van der Waals surface area contributed by atoms with Crippen molar-refractivity contribution < 1.29 is 0 Å². The van der Waals surface area contributed by atoms with Crippen LogP contribution in [-0.4, -0.2) is 0 Å². The Morgan fingerprint density at radius 2 is 1.69 bits per heavy atom. The molecule has 0 bridgehead atoms. The number of hydrogen-bond acceptors (Lipinski definition) is 0. The molecule has 0 aromatic carbocycles. The smallest absolute Gasteiger partial charge is 0.0281 e. The van der Waals surface area contributed by atoms with Gasteiger partial charge in [-0.05, 0) is 31.6 Å². The molecule has 0 spiro atoms. The molecule has 13 heavy (non-hydrogen) atoms. The Balaban J connectivity index is 4.33. The summed E-state index contributed by atoms with van der Waals surface area (Å²) in [5.74, 6) is 3.48. The van der Waals surface area contributed by atoms with Crippen LogP contribution < -0.4 is 0 Å². The number of hydrogen-bond donors (Lipinski definition) is 0. The fourth-order valence-corrected chi connectivity index (χ4v) is 1.37. The van der Waals surface area contributed by atoms with Gasteiger partial charge < -0.3 is 0 Å². The van der Waals surface area contributed by atoms with E-state index in [0.29, 0.717) is 11.3 Å². The predicted molar refractivity (Wildman–Crippen MR) is 60.5 cm³/mol. The Morgan fingerprint density at radius 3 is 2.00 bits per heavy atom. The highest BCUT2D eigenvalue weighted by Crippen LogP contribution is 2.37. The van der Waals surface area contributed by atoms with Crippen LogP contribution in [0.4, 0.5) is 0 Å². The number of rotatable bonds is 4. The van der Waals surface area contributed by atoms with Crippen LogP contribution in [0.15, 0.2) is 0 Å². The van der Waals surface area contributed by atoms with Gasteiger partial charge in [-0.1, -0.05) is 34.1 Å². The summed E-state index contributed by atoms with van der Waals surface area (Å²) in [7, 11) is 0. The lowest BCUT2D eigenvalue weighted by Gasteiger charge is -2.33. The molecule has 0 N–H and O–H groups in total. The van der Waals surface area contributed by atoms with Gasteiger partial charge >= 0.3 is 0 Å². The van der Waals surface area contributed by atoms with E-state index >= 15 is 0 Å². The van der Waals surface area contributed by atoms with Crippen LogP contribution in [0.3, 0.4) is 0 Å². The topological polar surface area (TPSA) is 0 Å².